The lowest BCUT2D eigenvalue weighted by atomic mass is 10.1. The van der Waals surface area contributed by atoms with Crippen LogP contribution >= 0.6 is 11.6 Å². The van der Waals surface area contributed by atoms with Crippen molar-refractivity contribution in [3.05, 3.63) is 41.4 Å². The number of carbonyl (C=O) groups excluding carboxylic acids is 1. The minimum Gasteiger partial charge on any atom is -0.382 e. The predicted octanol–water partition coefficient (Wildman–Crippen LogP) is 2.64. The van der Waals surface area contributed by atoms with Gasteiger partial charge in [-0.2, -0.15) is 0 Å². The average Bonchev–Trinajstić information content (AvgIpc) is 2.60. The third-order valence-corrected chi connectivity index (χ3v) is 6.48. The van der Waals surface area contributed by atoms with Gasteiger partial charge in [0.05, 0.1) is 10.6 Å². The summed E-state index contributed by atoms with van der Waals surface area (Å²) in [5.41, 5.74) is 0. The molecule has 1 fully saturated rings. The number of rotatable bonds is 4. The molecular formula is C18H20ClNO4S. The molecule has 1 N–H and O–H groups in total. The number of halogens is 1. The molecule has 0 bridgehead atoms. The highest BCUT2D eigenvalue weighted by molar-refractivity contribution is 7.91. The van der Waals surface area contributed by atoms with Gasteiger partial charge in [0, 0.05) is 23.5 Å². The topological polar surface area (TPSA) is 74.7 Å². The van der Waals surface area contributed by atoms with Crippen LogP contribution in [0.1, 0.15) is 19.3 Å². The lowest BCUT2D eigenvalue weighted by molar-refractivity contribution is -0.139. The Bertz CT molecular complexity index is 891. The first-order chi connectivity index (χ1) is 11.9. The third kappa shape index (κ3) is 3.97. The Hall–Kier alpha value is -1.63. The zero-order valence-corrected chi connectivity index (χ0v) is 15.3. The van der Waals surface area contributed by atoms with E-state index < -0.39 is 27.6 Å². The molecule has 0 spiro atoms. The van der Waals surface area contributed by atoms with E-state index in [0.29, 0.717) is 28.9 Å². The fraction of sp³-hybridized carbons (Fsp3) is 0.389. The summed E-state index contributed by atoms with van der Waals surface area (Å²) in [4.78, 5) is 14.0. The van der Waals surface area contributed by atoms with Crippen molar-refractivity contribution in [2.45, 2.75) is 30.3 Å². The smallest absolute Gasteiger partial charge is 0.252 e. The molecule has 1 unspecified atom stereocenters. The quantitative estimate of drug-likeness (QED) is 0.883. The Morgan fingerprint density at radius 3 is 2.60 bits per heavy atom. The number of likely N-dealkylation sites (tertiary alicyclic amines) is 1. The molecule has 1 saturated heterocycles. The maximum absolute atomic E-state index is 12.8. The first-order valence-electron chi connectivity index (χ1n) is 8.26. The molecule has 7 heteroatoms. The van der Waals surface area contributed by atoms with Gasteiger partial charge in [-0.15, -0.1) is 0 Å². The van der Waals surface area contributed by atoms with E-state index >= 15 is 0 Å². The number of hydrogen-bond acceptors (Lipinski definition) is 4. The largest absolute Gasteiger partial charge is 0.382 e. The van der Waals surface area contributed by atoms with Gasteiger partial charge in [0.25, 0.3) is 5.91 Å². The molecule has 0 aliphatic carbocycles. The molecule has 1 aliphatic rings. The highest BCUT2D eigenvalue weighted by atomic mass is 35.5. The first kappa shape index (κ1) is 18.2. The molecule has 5 nitrogen and oxygen atoms in total. The summed E-state index contributed by atoms with van der Waals surface area (Å²) in [6, 6.07) is 9.84. The van der Waals surface area contributed by atoms with Crippen molar-refractivity contribution in [2.75, 3.05) is 18.8 Å². The zero-order chi connectivity index (χ0) is 18.0. The van der Waals surface area contributed by atoms with Gasteiger partial charge in [-0.25, -0.2) is 8.42 Å². The Kier molecular flexibility index (Phi) is 5.32. The van der Waals surface area contributed by atoms with E-state index in [9.17, 15) is 18.3 Å². The molecule has 2 aromatic carbocycles. The van der Waals surface area contributed by atoms with Crippen LogP contribution in [0.3, 0.4) is 0 Å². The summed E-state index contributed by atoms with van der Waals surface area (Å²) in [5.74, 6) is -1.13. The molecular weight excluding hydrogens is 362 g/mol. The van der Waals surface area contributed by atoms with E-state index in [-0.39, 0.29) is 4.90 Å². The summed E-state index contributed by atoms with van der Waals surface area (Å²) in [5, 5.41) is 11.9. The maximum Gasteiger partial charge on any atom is 0.252 e. The molecule has 1 aliphatic heterocycles. The van der Waals surface area contributed by atoms with Gasteiger partial charge >= 0.3 is 0 Å². The number of hydrogen-bond donors (Lipinski definition) is 1. The van der Waals surface area contributed by atoms with Gasteiger partial charge < -0.3 is 10.0 Å². The van der Waals surface area contributed by atoms with E-state index in [2.05, 4.69) is 0 Å². The van der Waals surface area contributed by atoms with Crippen molar-refractivity contribution in [3.63, 3.8) is 0 Å². The average molecular weight is 382 g/mol. The maximum atomic E-state index is 12.8. The van der Waals surface area contributed by atoms with E-state index in [1.807, 2.05) is 0 Å². The lowest BCUT2D eigenvalue weighted by Gasteiger charge is -2.28. The highest BCUT2D eigenvalue weighted by Crippen LogP contribution is 2.27. The molecule has 1 amide bonds. The highest BCUT2D eigenvalue weighted by Gasteiger charge is 2.29. The second kappa shape index (κ2) is 7.32. The third-order valence-electron chi connectivity index (χ3n) is 4.47. The molecule has 1 atom stereocenters. The molecule has 2 aromatic rings. The Morgan fingerprint density at radius 2 is 1.88 bits per heavy atom. The second-order valence-electron chi connectivity index (χ2n) is 6.30. The number of fused-ring (bicyclic) bond motifs is 1. The molecule has 0 radical (unpaired) electrons. The summed E-state index contributed by atoms with van der Waals surface area (Å²) < 4.78 is 25.5. The number of benzene rings is 2. The summed E-state index contributed by atoms with van der Waals surface area (Å²) >= 11 is 5.96. The number of carbonyl (C=O) groups is 1. The number of piperidine rings is 1. The van der Waals surface area contributed by atoms with Crippen molar-refractivity contribution in [1.82, 2.24) is 4.90 Å². The van der Waals surface area contributed by atoms with Crippen LogP contribution in [0.4, 0.5) is 0 Å². The van der Waals surface area contributed by atoms with Gasteiger partial charge in [-0.1, -0.05) is 29.8 Å². The first-order valence-corrected chi connectivity index (χ1v) is 10.3. The summed E-state index contributed by atoms with van der Waals surface area (Å²) in [7, 11) is -3.82. The minimum atomic E-state index is -3.82. The minimum absolute atomic E-state index is 0.104. The second-order valence-corrected chi connectivity index (χ2v) is 8.74. The molecule has 25 heavy (non-hydrogen) atoms. The molecule has 3 rings (SSSR count). The SMILES string of the molecule is O=C(C(O)CS(=O)(=O)c1cccc2cc(Cl)ccc12)N1CCCCC1. The number of aliphatic hydroxyl groups is 1. The van der Waals surface area contributed by atoms with Crippen molar-refractivity contribution in [3.8, 4) is 0 Å². The Balaban J connectivity index is 1.85. The normalized spacial score (nSPS) is 16.8. The van der Waals surface area contributed by atoms with Gasteiger partial charge in [0.15, 0.2) is 9.84 Å². The predicted molar refractivity (Wildman–Crippen MR) is 97.4 cm³/mol. The van der Waals surface area contributed by atoms with E-state index in [0.717, 1.165) is 19.3 Å². The monoisotopic (exact) mass is 381 g/mol. The van der Waals surface area contributed by atoms with Crippen LogP contribution in [0.15, 0.2) is 41.3 Å². The van der Waals surface area contributed by atoms with Crippen LogP contribution in [0.5, 0.6) is 0 Å². The number of amides is 1. The zero-order valence-electron chi connectivity index (χ0n) is 13.7. The Morgan fingerprint density at radius 1 is 1.16 bits per heavy atom. The van der Waals surface area contributed by atoms with E-state index in [1.54, 1.807) is 35.2 Å². The van der Waals surface area contributed by atoms with Crippen LogP contribution in [0.2, 0.25) is 5.02 Å². The van der Waals surface area contributed by atoms with Crippen molar-refractivity contribution >= 4 is 38.1 Å². The molecule has 0 saturated carbocycles. The summed E-state index contributed by atoms with van der Waals surface area (Å²) in [6.07, 6.45) is 1.27. The van der Waals surface area contributed by atoms with Crippen molar-refractivity contribution in [2.24, 2.45) is 0 Å². The van der Waals surface area contributed by atoms with Gasteiger partial charge in [-0.3, -0.25) is 4.79 Å². The fourth-order valence-corrected chi connectivity index (χ4v) is 4.92. The fourth-order valence-electron chi connectivity index (χ4n) is 3.19. The number of nitrogens with zero attached hydrogens (tertiary/aromatic N) is 1. The number of sulfone groups is 1. The van der Waals surface area contributed by atoms with Crippen LogP contribution in [-0.2, 0) is 14.6 Å². The number of aliphatic hydroxyl groups excluding tert-OH is 1. The lowest BCUT2D eigenvalue weighted by Crippen LogP contribution is -2.44. The summed E-state index contributed by atoms with van der Waals surface area (Å²) in [6.45, 7) is 1.14. The van der Waals surface area contributed by atoms with Gasteiger partial charge in [-0.05, 0) is 42.8 Å². The van der Waals surface area contributed by atoms with Crippen LogP contribution < -0.4 is 0 Å². The Labute approximate surface area is 152 Å². The van der Waals surface area contributed by atoms with Gasteiger partial charge in [0.2, 0.25) is 0 Å². The van der Waals surface area contributed by atoms with Crippen molar-refractivity contribution in [1.29, 1.82) is 0 Å². The standard InChI is InChI=1S/C18H20ClNO4S/c19-14-7-8-15-13(11-14)5-4-6-17(15)25(23,24)12-16(21)18(22)20-9-2-1-3-10-20/h4-8,11,16,21H,1-3,9-10,12H2. The van der Waals surface area contributed by atoms with Crippen molar-refractivity contribution < 1.29 is 18.3 Å². The van der Waals surface area contributed by atoms with Crippen LogP contribution in [0, 0.1) is 0 Å². The molecule has 1 heterocycles. The van der Waals surface area contributed by atoms with Crippen LogP contribution in [0.25, 0.3) is 10.8 Å². The molecule has 0 aromatic heterocycles. The van der Waals surface area contributed by atoms with E-state index in [4.69, 9.17) is 11.6 Å². The molecule has 134 valence electrons. The van der Waals surface area contributed by atoms with E-state index in [1.165, 1.54) is 6.07 Å². The van der Waals surface area contributed by atoms with Crippen LogP contribution in [-0.4, -0.2) is 49.3 Å². The van der Waals surface area contributed by atoms with Gasteiger partial charge in [0.1, 0.15) is 6.10 Å².